The van der Waals surface area contributed by atoms with Gasteiger partial charge in [0, 0.05) is 113 Å². The Kier molecular flexibility index (Phi) is 13.0. The van der Waals surface area contributed by atoms with Gasteiger partial charge in [-0.1, -0.05) is 0 Å². The van der Waals surface area contributed by atoms with Gasteiger partial charge in [0.2, 0.25) is 24.1 Å². The van der Waals surface area contributed by atoms with E-state index in [1.165, 1.54) is 0 Å². The zero-order valence-electron chi connectivity index (χ0n) is 39.5. The number of amides is 5. The van der Waals surface area contributed by atoms with Crippen LogP contribution in [0.1, 0.15) is 86.2 Å². The SMILES string of the molecule is CCOc1cc(-c2ccc(N3CCC(CN4CCN(C(=O)CCN5CCC6(CC5)CCN(c5ccc7c(c5)CN(C5CCC(=O)NC5=O)C7=O)CC6)CC4)(NC=O)CC3)nc2)c2c(C#N)cnn2c1. The maximum absolute atomic E-state index is 13.5. The van der Waals surface area contributed by atoms with E-state index in [1.807, 2.05) is 48.4 Å². The lowest BCUT2D eigenvalue weighted by Gasteiger charge is -2.47. The highest BCUT2D eigenvalue weighted by atomic mass is 16.5. The van der Waals surface area contributed by atoms with Gasteiger partial charge in [0.05, 0.1) is 35.6 Å². The van der Waals surface area contributed by atoms with E-state index < -0.39 is 6.04 Å². The first-order valence-corrected chi connectivity index (χ1v) is 24.8. The minimum atomic E-state index is -0.610. The highest BCUT2D eigenvalue weighted by Crippen LogP contribution is 2.43. The predicted octanol–water partition coefficient (Wildman–Crippen LogP) is 3.43. The zero-order valence-corrected chi connectivity index (χ0v) is 39.5. The van der Waals surface area contributed by atoms with Crippen LogP contribution in [0.3, 0.4) is 0 Å². The normalized spacial score (nSPS) is 21.9. The molecule has 1 unspecified atom stereocenters. The van der Waals surface area contributed by atoms with Crippen LogP contribution in [-0.4, -0.2) is 161 Å². The first-order valence-electron chi connectivity index (χ1n) is 24.8. The smallest absolute Gasteiger partial charge is 0.255 e. The van der Waals surface area contributed by atoms with E-state index in [1.54, 1.807) is 21.8 Å². The number of nitrogens with zero attached hydrogens (tertiary/aromatic N) is 10. The summed E-state index contributed by atoms with van der Waals surface area (Å²) in [5, 5.41) is 19.7. The minimum Gasteiger partial charge on any atom is -0.492 e. The van der Waals surface area contributed by atoms with Gasteiger partial charge in [0.1, 0.15) is 23.7 Å². The average Bonchev–Trinajstić information content (AvgIpc) is 3.94. The number of aromatic nitrogens is 3. The number of benzene rings is 1. The third-order valence-corrected chi connectivity index (χ3v) is 16.0. The summed E-state index contributed by atoms with van der Waals surface area (Å²) in [6.45, 7) is 12.7. The first kappa shape index (κ1) is 46.2. The fraction of sp³-hybridized carbons (Fsp3) is 0.529. The molecule has 5 saturated heterocycles. The number of carbonyl (C=O) groups excluding carboxylic acids is 5. The van der Waals surface area contributed by atoms with Gasteiger partial charge in [-0.2, -0.15) is 10.4 Å². The van der Waals surface area contributed by atoms with Crippen LogP contribution in [0.4, 0.5) is 11.5 Å². The Morgan fingerprint density at radius 2 is 1.65 bits per heavy atom. The van der Waals surface area contributed by atoms with Crippen LogP contribution in [0, 0.1) is 16.7 Å². The molecule has 1 aromatic carbocycles. The first-order chi connectivity index (χ1) is 33.5. The van der Waals surface area contributed by atoms with Crippen molar-refractivity contribution in [2.45, 2.75) is 82.8 Å². The number of ether oxygens (including phenoxy) is 1. The Labute approximate surface area is 402 Å². The van der Waals surface area contributed by atoms with Crippen molar-refractivity contribution < 1.29 is 28.7 Å². The van der Waals surface area contributed by atoms with Crippen LogP contribution in [0.15, 0.2) is 55.0 Å². The molecule has 10 rings (SSSR count). The van der Waals surface area contributed by atoms with Crippen LogP contribution in [-0.2, 0) is 25.7 Å². The molecule has 0 bridgehead atoms. The molecular formula is C51H62N12O6. The van der Waals surface area contributed by atoms with Crippen molar-refractivity contribution in [1.82, 2.24) is 44.8 Å². The number of hydrogen-bond donors (Lipinski definition) is 2. The Morgan fingerprint density at radius 3 is 2.35 bits per heavy atom. The molecule has 5 fully saturated rings. The molecule has 1 spiro atoms. The van der Waals surface area contributed by atoms with Crippen LogP contribution in [0.5, 0.6) is 5.75 Å². The van der Waals surface area contributed by atoms with Gasteiger partial charge in [-0.05, 0) is 112 Å². The molecule has 18 heteroatoms. The Balaban J connectivity index is 0.650. The van der Waals surface area contributed by atoms with Gasteiger partial charge in [-0.25, -0.2) is 9.50 Å². The van der Waals surface area contributed by atoms with E-state index in [2.05, 4.69) is 47.5 Å². The maximum atomic E-state index is 13.5. The molecule has 6 aliphatic rings. The molecule has 0 saturated carbocycles. The molecule has 3 aromatic heterocycles. The van der Waals surface area contributed by atoms with Crippen molar-refractivity contribution in [3.63, 3.8) is 0 Å². The third-order valence-electron chi connectivity index (χ3n) is 16.0. The number of hydrogen-bond acceptors (Lipinski definition) is 13. The van der Waals surface area contributed by atoms with Crippen LogP contribution in [0.2, 0.25) is 0 Å². The van der Waals surface area contributed by atoms with E-state index in [0.717, 1.165) is 139 Å². The van der Waals surface area contributed by atoms with Gasteiger partial charge < -0.3 is 34.6 Å². The summed E-state index contributed by atoms with van der Waals surface area (Å²) in [6.07, 6.45) is 13.2. The standard InChI is InChI=1S/C51H62N12O6/c1-2-69-40-28-42(47-38(29-52)31-55-63(47)33-40)36-3-7-44(53-30-36)60-21-14-51(15-22-60,54-35-64)34-58-23-25-61(26-24-58)46(66)9-16-57-17-10-50(11-18-57)12-19-59(20-13-50)39-4-5-41-37(27-39)32-62(49(41)68)43-6-8-45(65)56-48(43)67/h3-5,7,27-28,30-31,33,35,43H,2,6,8-26,32,34H2,1H3,(H,54,64)(H,56,65,67). The Morgan fingerprint density at radius 1 is 0.899 bits per heavy atom. The number of pyridine rings is 2. The number of piperidine rings is 4. The van der Waals surface area contributed by atoms with Crippen molar-refractivity contribution in [2.24, 2.45) is 5.41 Å². The molecule has 6 aliphatic heterocycles. The average molecular weight is 939 g/mol. The van der Waals surface area contributed by atoms with Gasteiger partial charge >= 0.3 is 0 Å². The number of imide groups is 1. The van der Waals surface area contributed by atoms with Crippen molar-refractivity contribution in [3.8, 4) is 22.9 Å². The van der Waals surface area contributed by atoms with Crippen molar-refractivity contribution in [3.05, 3.63) is 71.7 Å². The van der Waals surface area contributed by atoms with E-state index in [-0.39, 0.29) is 35.6 Å². The van der Waals surface area contributed by atoms with Crippen LogP contribution < -0.4 is 25.2 Å². The molecule has 18 nitrogen and oxygen atoms in total. The highest BCUT2D eigenvalue weighted by molar-refractivity contribution is 6.05. The number of anilines is 2. The molecule has 0 aliphatic carbocycles. The highest BCUT2D eigenvalue weighted by Gasteiger charge is 2.42. The second kappa shape index (κ2) is 19.4. The number of likely N-dealkylation sites (tertiary alicyclic amines) is 1. The molecule has 0 radical (unpaired) electrons. The lowest BCUT2D eigenvalue weighted by atomic mass is 9.71. The van der Waals surface area contributed by atoms with E-state index in [0.29, 0.717) is 66.9 Å². The van der Waals surface area contributed by atoms with Gasteiger partial charge in [0.15, 0.2) is 0 Å². The molecule has 362 valence electrons. The molecule has 2 N–H and O–H groups in total. The Bertz CT molecular complexity index is 2630. The maximum Gasteiger partial charge on any atom is 0.255 e. The number of fused-ring (bicyclic) bond motifs is 2. The molecule has 69 heavy (non-hydrogen) atoms. The van der Waals surface area contributed by atoms with E-state index in [4.69, 9.17) is 9.72 Å². The number of piperazine rings is 1. The lowest BCUT2D eigenvalue weighted by molar-refractivity contribution is -0.137. The van der Waals surface area contributed by atoms with Gasteiger partial charge in [0.25, 0.3) is 5.91 Å². The summed E-state index contributed by atoms with van der Waals surface area (Å²) in [4.78, 5) is 80.9. The summed E-state index contributed by atoms with van der Waals surface area (Å²) in [6, 6.07) is 13.6. The number of nitriles is 1. The fourth-order valence-electron chi connectivity index (χ4n) is 11.8. The van der Waals surface area contributed by atoms with Crippen molar-refractivity contribution in [2.75, 3.05) is 94.9 Å². The summed E-state index contributed by atoms with van der Waals surface area (Å²) in [5.41, 5.74) is 5.54. The quantitative estimate of drug-likeness (QED) is 0.147. The summed E-state index contributed by atoms with van der Waals surface area (Å²) < 4.78 is 7.47. The summed E-state index contributed by atoms with van der Waals surface area (Å²) >= 11 is 0. The molecular weight excluding hydrogens is 877 g/mol. The van der Waals surface area contributed by atoms with Crippen molar-refractivity contribution in [1.29, 1.82) is 5.26 Å². The largest absolute Gasteiger partial charge is 0.492 e. The predicted molar refractivity (Wildman–Crippen MR) is 257 cm³/mol. The summed E-state index contributed by atoms with van der Waals surface area (Å²) in [5.74, 6) is 0.929. The van der Waals surface area contributed by atoms with Crippen LogP contribution >= 0.6 is 0 Å². The third kappa shape index (κ3) is 9.46. The monoisotopic (exact) mass is 938 g/mol. The molecule has 5 amide bonds. The fourth-order valence-corrected chi connectivity index (χ4v) is 11.8. The second-order valence-electron chi connectivity index (χ2n) is 19.9. The van der Waals surface area contributed by atoms with E-state index >= 15 is 0 Å². The molecule has 9 heterocycles. The van der Waals surface area contributed by atoms with Gasteiger partial charge in [-0.15, -0.1) is 0 Å². The topological polar surface area (TPSA) is 192 Å². The second-order valence-corrected chi connectivity index (χ2v) is 19.9. The lowest BCUT2D eigenvalue weighted by Crippen LogP contribution is -2.61. The van der Waals surface area contributed by atoms with Crippen LogP contribution in [0.25, 0.3) is 16.6 Å². The number of nitrogens with one attached hydrogen (secondary N) is 2. The van der Waals surface area contributed by atoms with Crippen molar-refractivity contribution >= 4 is 47.1 Å². The van der Waals surface area contributed by atoms with Gasteiger partial charge in [-0.3, -0.25) is 34.2 Å². The molecule has 4 aromatic rings. The summed E-state index contributed by atoms with van der Waals surface area (Å²) in [7, 11) is 0. The number of rotatable bonds is 13. The minimum absolute atomic E-state index is 0.141. The zero-order chi connectivity index (χ0) is 47.7. The number of carbonyl (C=O) groups is 5. The Hall–Kier alpha value is -6.58. The van der Waals surface area contributed by atoms with E-state index in [9.17, 15) is 29.2 Å². The molecule has 1 atom stereocenters.